The molecule has 0 radical (unpaired) electrons. The average Bonchev–Trinajstić information content (AvgIpc) is 2.15. The quantitative estimate of drug-likeness (QED) is 0.485. The van der Waals surface area contributed by atoms with Crippen molar-refractivity contribution in [3.8, 4) is 0 Å². The first-order valence-corrected chi connectivity index (χ1v) is 5.01. The lowest BCUT2D eigenvalue weighted by atomic mass is 10.2. The van der Waals surface area contributed by atoms with Gasteiger partial charge in [0.2, 0.25) is 0 Å². The summed E-state index contributed by atoms with van der Waals surface area (Å²) in [6, 6.07) is 0.393. The molecule has 0 atom stereocenters. The molecule has 0 spiro atoms. The van der Waals surface area contributed by atoms with Gasteiger partial charge in [-0.05, 0) is 18.9 Å². The highest BCUT2D eigenvalue weighted by Crippen LogP contribution is 2.06. The van der Waals surface area contributed by atoms with Crippen LogP contribution >= 0.6 is 0 Å². The van der Waals surface area contributed by atoms with Gasteiger partial charge in [-0.25, -0.2) is 0 Å². The number of hydrazone groups is 1. The number of hydrogen-bond donors (Lipinski definition) is 0. The van der Waals surface area contributed by atoms with Crippen molar-refractivity contribution in [3.63, 3.8) is 0 Å². The van der Waals surface area contributed by atoms with Gasteiger partial charge >= 0.3 is 0 Å². The van der Waals surface area contributed by atoms with E-state index in [1.165, 1.54) is 13.0 Å². The molecule has 0 bridgehead atoms. The Morgan fingerprint density at radius 2 is 2.07 bits per heavy atom. The van der Waals surface area contributed by atoms with E-state index >= 15 is 0 Å². The topological polar surface area (TPSA) is 32.7 Å². The molecule has 0 aliphatic rings. The van der Waals surface area contributed by atoms with Gasteiger partial charge in [-0.15, -0.1) is 0 Å². The predicted molar refractivity (Wildman–Crippen MR) is 62.6 cm³/mol. The van der Waals surface area contributed by atoms with Crippen molar-refractivity contribution in [1.82, 2.24) is 5.01 Å². The maximum absolute atomic E-state index is 11.1. The zero-order valence-corrected chi connectivity index (χ0v) is 9.58. The molecule has 0 aromatic carbocycles. The molecule has 3 heteroatoms. The lowest BCUT2D eigenvalue weighted by Crippen LogP contribution is -2.27. The van der Waals surface area contributed by atoms with E-state index in [9.17, 15) is 4.79 Å². The summed E-state index contributed by atoms with van der Waals surface area (Å²) in [5, 5.41) is 6.06. The number of carbonyl (C=O) groups excluding carboxylic acids is 1. The molecule has 0 saturated heterocycles. The molecule has 0 rings (SSSR count). The van der Waals surface area contributed by atoms with Crippen LogP contribution < -0.4 is 0 Å². The molecule has 0 N–H and O–H groups in total. The zero-order valence-electron chi connectivity index (χ0n) is 9.58. The van der Waals surface area contributed by atoms with E-state index in [4.69, 9.17) is 0 Å². The van der Waals surface area contributed by atoms with Crippen LogP contribution in [0.25, 0.3) is 0 Å². The number of ketones is 1. The highest BCUT2D eigenvalue weighted by molar-refractivity contribution is 6.43. The number of allylic oxidation sites excluding steroid dienone is 1. The molecule has 0 saturated carbocycles. The van der Waals surface area contributed by atoms with E-state index in [2.05, 4.69) is 25.5 Å². The Morgan fingerprint density at radius 3 is 2.36 bits per heavy atom. The predicted octanol–water partition coefficient (Wildman–Crippen LogP) is 2.48. The monoisotopic (exact) mass is 198 g/mol. The minimum absolute atomic E-state index is 0. The minimum Gasteiger partial charge on any atom is -0.296 e. The fraction of sp³-hybridized carbons (Fsp3) is 0.636. The summed E-state index contributed by atoms with van der Waals surface area (Å²) in [6.45, 7) is 9.29. The van der Waals surface area contributed by atoms with Crippen LogP contribution in [0.5, 0.6) is 0 Å². The molecule has 0 aliphatic heterocycles. The molecular weight excluding hydrogens is 176 g/mol. The Morgan fingerprint density at radius 1 is 1.57 bits per heavy atom. The third-order valence-corrected chi connectivity index (χ3v) is 2.29. The smallest absolute Gasteiger partial charge is 0.179 e. The number of carbonyl (C=O) groups is 1. The normalized spacial score (nSPS) is 11.6. The molecule has 82 valence electrons. The summed E-state index contributed by atoms with van der Waals surface area (Å²) in [7, 11) is 1.89. The van der Waals surface area contributed by atoms with E-state index in [1.807, 2.05) is 12.1 Å². The molecule has 3 nitrogen and oxygen atoms in total. The van der Waals surface area contributed by atoms with Crippen LogP contribution in [0.15, 0.2) is 17.8 Å². The second-order valence-corrected chi connectivity index (χ2v) is 3.29. The average molecular weight is 198 g/mol. The Hall–Kier alpha value is -1.12. The highest BCUT2D eigenvalue weighted by atomic mass is 16.1. The molecule has 14 heavy (non-hydrogen) atoms. The highest BCUT2D eigenvalue weighted by Gasteiger charge is 2.09. The summed E-state index contributed by atoms with van der Waals surface area (Å²) in [4.78, 5) is 11.1. The van der Waals surface area contributed by atoms with E-state index in [-0.39, 0.29) is 7.21 Å². The van der Waals surface area contributed by atoms with Crippen LogP contribution in [-0.4, -0.2) is 29.6 Å². The van der Waals surface area contributed by atoms with E-state index in [1.54, 1.807) is 0 Å². The van der Waals surface area contributed by atoms with E-state index < -0.39 is 0 Å². The van der Waals surface area contributed by atoms with Gasteiger partial charge in [0.15, 0.2) is 5.78 Å². The standard InChI is InChI=1S/C11H20N2O.H2/c1-6-10(7-2)13(5)12-11(8-3)9(4)14;/h8,10H,3,6-7H2,1-2,4-5H3;1H/b12-11+;. The first-order chi connectivity index (χ1) is 6.56. The SMILES string of the molecule is C=C/C(=N\N(C)C(CC)CC)C(C)=O.[HH]. The summed E-state index contributed by atoms with van der Waals surface area (Å²) < 4.78 is 0. The third kappa shape index (κ3) is 3.73. The van der Waals surface area contributed by atoms with Crippen LogP contribution in [0, 0.1) is 0 Å². The second kappa shape index (κ2) is 6.35. The van der Waals surface area contributed by atoms with Crippen LogP contribution in [0.1, 0.15) is 35.0 Å². The van der Waals surface area contributed by atoms with Crippen molar-refractivity contribution in [1.29, 1.82) is 0 Å². The van der Waals surface area contributed by atoms with Crippen molar-refractivity contribution in [2.24, 2.45) is 5.10 Å². The fourth-order valence-corrected chi connectivity index (χ4v) is 1.32. The molecule has 0 amide bonds. The number of nitrogens with zero attached hydrogens (tertiary/aromatic N) is 2. The van der Waals surface area contributed by atoms with Gasteiger partial charge in [0, 0.05) is 21.4 Å². The van der Waals surface area contributed by atoms with Gasteiger partial charge in [-0.3, -0.25) is 9.80 Å². The Balaban J connectivity index is 0. The van der Waals surface area contributed by atoms with Gasteiger partial charge in [0.05, 0.1) is 0 Å². The summed E-state index contributed by atoms with van der Waals surface area (Å²) >= 11 is 0. The van der Waals surface area contributed by atoms with Crippen molar-refractivity contribution in [3.05, 3.63) is 12.7 Å². The van der Waals surface area contributed by atoms with Crippen LogP contribution in [0.4, 0.5) is 0 Å². The minimum atomic E-state index is -0.0437. The first-order valence-electron chi connectivity index (χ1n) is 5.01. The third-order valence-electron chi connectivity index (χ3n) is 2.29. The molecule has 0 aromatic rings. The molecular formula is C11H22N2O. The Bertz CT molecular complexity index is 235. The maximum atomic E-state index is 11.1. The number of Topliss-reactive ketones (excluding diaryl/α,β-unsaturated/α-hetero) is 1. The fourth-order valence-electron chi connectivity index (χ4n) is 1.32. The van der Waals surface area contributed by atoms with Crippen molar-refractivity contribution >= 4 is 11.5 Å². The largest absolute Gasteiger partial charge is 0.296 e. The van der Waals surface area contributed by atoms with Gasteiger partial charge < -0.3 is 0 Å². The first kappa shape index (κ1) is 12.9. The Kier molecular flexibility index (Phi) is 5.84. The molecule has 0 unspecified atom stereocenters. The van der Waals surface area contributed by atoms with Crippen LogP contribution in [0.3, 0.4) is 0 Å². The van der Waals surface area contributed by atoms with Crippen molar-refractivity contribution in [2.45, 2.75) is 39.7 Å². The van der Waals surface area contributed by atoms with Crippen LogP contribution in [0.2, 0.25) is 0 Å². The van der Waals surface area contributed by atoms with Crippen LogP contribution in [-0.2, 0) is 4.79 Å². The van der Waals surface area contributed by atoms with Gasteiger partial charge in [-0.2, -0.15) is 5.10 Å². The molecule has 0 aromatic heterocycles. The number of hydrogen-bond acceptors (Lipinski definition) is 3. The summed E-state index contributed by atoms with van der Waals surface area (Å²) in [6.07, 6.45) is 3.55. The van der Waals surface area contributed by atoms with E-state index in [0.717, 1.165) is 12.8 Å². The van der Waals surface area contributed by atoms with E-state index in [0.29, 0.717) is 11.8 Å². The second-order valence-electron chi connectivity index (χ2n) is 3.29. The number of rotatable bonds is 6. The molecule has 0 fully saturated rings. The molecule has 0 heterocycles. The lowest BCUT2D eigenvalue weighted by molar-refractivity contribution is -0.111. The van der Waals surface area contributed by atoms with Crippen molar-refractivity contribution < 1.29 is 6.22 Å². The van der Waals surface area contributed by atoms with Gasteiger partial charge in [-0.1, -0.05) is 20.4 Å². The maximum Gasteiger partial charge on any atom is 0.179 e. The Labute approximate surface area is 88.0 Å². The lowest BCUT2D eigenvalue weighted by Gasteiger charge is -2.23. The summed E-state index contributed by atoms with van der Waals surface area (Å²) in [5.74, 6) is -0.0437. The van der Waals surface area contributed by atoms with Crippen molar-refractivity contribution in [2.75, 3.05) is 7.05 Å². The zero-order chi connectivity index (χ0) is 11.1. The molecule has 0 aliphatic carbocycles. The summed E-state index contributed by atoms with van der Waals surface area (Å²) in [5.41, 5.74) is 0.430. The van der Waals surface area contributed by atoms with Gasteiger partial charge in [0.25, 0.3) is 0 Å². The van der Waals surface area contributed by atoms with Gasteiger partial charge in [0.1, 0.15) is 5.71 Å².